The van der Waals surface area contributed by atoms with Gasteiger partial charge >= 0.3 is 6.09 Å². The van der Waals surface area contributed by atoms with Gasteiger partial charge in [-0.25, -0.2) is 14.5 Å². The second-order valence-corrected chi connectivity index (χ2v) is 14.3. The molecule has 1 unspecified atom stereocenters. The first-order valence-corrected chi connectivity index (χ1v) is 16.4. The molecule has 13 heteroatoms. The van der Waals surface area contributed by atoms with Crippen LogP contribution < -0.4 is 9.64 Å². The summed E-state index contributed by atoms with van der Waals surface area (Å²) in [5, 5.41) is 14.3. The molecule has 1 amide bonds. The molecule has 2 atom stereocenters. The molecule has 0 N–H and O–H groups in total. The molecule has 0 bridgehead atoms. The maximum Gasteiger partial charge on any atom is 0.410 e. The SMILES string of the molecule is C[C@H](Oc1ccc2c(c1)c(-c1ccc(N3CC4(CN(C(=O)OC(C)(C)C)C4)C3)nc1)nn2C1CCCCO1)c1c(Cl)cnnc1Cl. The van der Waals surface area contributed by atoms with Crippen LogP contribution in [0.5, 0.6) is 5.75 Å². The minimum absolute atomic E-state index is 0.112. The van der Waals surface area contributed by atoms with E-state index in [4.69, 9.17) is 47.5 Å². The number of nitrogens with zero attached hydrogens (tertiary/aromatic N) is 7. The molecule has 11 nitrogen and oxygen atoms in total. The van der Waals surface area contributed by atoms with E-state index < -0.39 is 11.7 Å². The number of amides is 1. The number of hydrogen-bond acceptors (Lipinski definition) is 9. The quantitative estimate of drug-likeness (QED) is 0.213. The molecule has 1 spiro atoms. The summed E-state index contributed by atoms with van der Waals surface area (Å²) in [6.45, 7) is 11.4. The molecule has 3 saturated heterocycles. The van der Waals surface area contributed by atoms with Gasteiger partial charge in [0.1, 0.15) is 29.0 Å². The van der Waals surface area contributed by atoms with Crippen molar-refractivity contribution in [2.75, 3.05) is 37.7 Å². The number of fused-ring (bicyclic) bond motifs is 1. The maximum atomic E-state index is 12.4. The second-order valence-electron chi connectivity index (χ2n) is 13.5. The summed E-state index contributed by atoms with van der Waals surface area (Å²) in [7, 11) is 0. The molecular formula is C33H37Cl2N7O4. The Balaban J connectivity index is 1.11. The number of benzene rings is 1. The Morgan fingerprint density at radius 1 is 1.09 bits per heavy atom. The van der Waals surface area contributed by atoms with Gasteiger partial charge in [0.15, 0.2) is 11.4 Å². The fourth-order valence-electron chi connectivity index (χ4n) is 6.58. The van der Waals surface area contributed by atoms with Crippen molar-refractivity contribution < 1.29 is 19.0 Å². The van der Waals surface area contributed by atoms with Crippen molar-refractivity contribution in [2.24, 2.45) is 5.41 Å². The zero-order chi connectivity index (χ0) is 32.2. The number of aromatic nitrogens is 5. The lowest BCUT2D eigenvalue weighted by Crippen LogP contribution is -2.73. The highest BCUT2D eigenvalue weighted by Crippen LogP contribution is 2.43. The van der Waals surface area contributed by atoms with Crippen molar-refractivity contribution in [1.29, 1.82) is 0 Å². The van der Waals surface area contributed by atoms with Crippen molar-refractivity contribution in [1.82, 2.24) is 29.9 Å². The third-order valence-corrected chi connectivity index (χ3v) is 9.30. The molecule has 0 aliphatic carbocycles. The Bertz CT molecular complexity index is 1730. The molecule has 7 rings (SSSR count). The van der Waals surface area contributed by atoms with Crippen LogP contribution in [-0.2, 0) is 9.47 Å². The number of pyridine rings is 1. The molecule has 0 radical (unpaired) electrons. The summed E-state index contributed by atoms with van der Waals surface area (Å²) in [4.78, 5) is 21.3. The zero-order valence-electron chi connectivity index (χ0n) is 26.4. The van der Waals surface area contributed by atoms with Gasteiger partial charge in [-0.05, 0) is 77.3 Å². The maximum absolute atomic E-state index is 12.4. The van der Waals surface area contributed by atoms with E-state index in [9.17, 15) is 4.79 Å². The number of halogens is 2. The molecule has 3 aliphatic heterocycles. The number of likely N-dealkylation sites (tertiary alicyclic amines) is 1. The van der Waals surface area contributed by atoms with Crippen LogP contribution in [0.15, 0.2) is 42.7 Å². The minimum Gasteiger partial charge on any atom is -0.486 e. The summed E-state index contributed by atoms with van der Waals surface area (Å²) in [5.41, 5.74) is 2.85. The van der Waals surface area contributed by atoms with E-state index in [1.54, 1.807) is 4.90 Å². The topological polar surface area (TPSA) is 108 Å². The Labute approximate surface area is 277 Å². The van der Waals surface area contributed by atoms with Gasteiger partial charge in [-0.1, -0.05) is 23.2 Å². The number of anilines is 1. The largest absolute Gasteiger partial charge is 0.486 e. The predicted octanol–water partition coefficient (Wildman–Crippen LogP) is 7.09. The van der Waals surface area contributed by atoms with E-state index in [1.807, 2.05) is 62.8 Å². The summed E-state index contributed by atoms with van der Waals surface area (Å²) >= 11 is 12.7. The van der Waals surface area contributed by atoms with Gasteiger partial charge in [-0.2, -0.15) is 10.2 Å². The molecule has 4 aromatic rings. The summed E-state index contributed by atoms with van der Waals surface area (Å²) in [5.74, 6) is 1.55. The molecule has 3 aromatic heterocycles. The van der Waals surface area contributed by atoms with Crippen LogP contribution in [0.4, 0.5) is 10.6 Å². The zero-order valence-corrected chi connectivity index (χ0v) is 27.9. The first-order valence-electron chi connectivity index (χ1n) is 15.7. The first-order chi connectivity index (χ1) is 22.0. The lowest BCUT2D eigenvalue weighted by molar-refractivity contribution is -0.0454. The molecule has 3 fully saturated rings. The van der Waals surface area contributed by atoms with E-state index in [2.05, 4.69) is 21.2 Å². The highest BCUT2D eigenvalue weighted by Gasteiger charge is 2.54. The van der Waals surface area contributed by atoms with Gasteiger partial charge < -0.3 is 24.0 Å². The number of carbonyl (C=O) groups excluding carboxylic acids is 1. The summed E-state index contributed by atoms with van der Waals surface area (Å²) in [6, 6.07) is 10.0. The highest BCUT2D eigenvalue weighted by molar-refractivity contribution is 6.35. The van der Waals surface area contributed by atoms with Crippen molar-refractivity contribution in [3.63, 3.8) is 0 Å². The Morgan fingerprint density at radius 2 is 1.89 bits per heavy atom. The van der Waals surface area contributed by atoms with Crippen molar-refractivity contribution in [2.45, 2.75) is 64.9 Å². The lowest BCUT2D eigenvalue weighted by atomic mass is 9.73. The van der Waals surface area contributed by atoms with Gasteiger partial charge in [-0.15, -0.1) is 5.10 Å². The minimum atomic E-state index is -0.491. The van der Waals surface area contributed by atoms with Gasteiger partial charge in [0.2, 0.25) is 0 Å². The van der Waals surface area contributed by atoms with E-state index >= 15 is 0 Å². The molecule has 6 heterocycles. The third kappa shape index (κ3) is 5.96. The summed E-state index contributed by atoms with van der Waals surface area (Å²) in [6.07, 6.45) is 5.54. The number of hydrogen-bond donors (Lipinski definition) is 0. The molecule has 0 saturated carbocycles. The van der Waals surface area contributed by atoms with Crippen molar-refractivity contribution >= 4 is 46.0 Å². The fraction of sp³-hybridized carbons (Fsp3) is 0.485. The first kappa shape index (κ1) is 31.0. The van der Waals surface area contributed by atoms with Crippen LogP contribution >= 0.6 is 23.2 Å². The highest BCUT2D eigenvalue weighted by atomic mass is 35.5. The Morgan fingerprint density at radius 3 is 2.57 bits per heavy atom. The van der Waals surface area contributed by atoms with Crippen LogP contribution in [0.2, 0.25) is 10.2 Å². The fourth-order valence-corrected chi connectivity index (χ4v) is 7.21. The van der Waals surface area contributed by atoms with Gasteiger partial charge in [0, 0.05) is 55.3 Å². The van der Waals surface area contributed by atoms with Crippen molar-refractivity contribution in [3.05, 3.63) is 58.5 Å². The van der Waals surface area contributed by atoms with E-state index in [-0.39, 0.29) is 22.9 Å². The summed E-state index contributed by atoms with van der Waals surface area (Å²) < 4.78 is 19.9. The molecule has 46 heavy (non-hydrogen) atoms. The van der Waals surface area contributed by atoms with Crippen LogP contribution in [0.25, 0.3) is 22.2 Å². The van der Waals surface area contributed by atoms with Gasteiger partial charge in [-0.3, -0.25) is 0 Å². The number of rotatable bonds is 6. The lowest BCUT2D eigenvalue weighted by Gasteiger charge is -2.60. The van der Waals surface area contributed by atoms with Crippen molar-refractivity contribution in [3.8, 4) is 17.0 Å². The van der Waals surface area contributed by atoms with Crippen LogP contribution in [0, 0.1) is 5.41 Å². The monoisotopic (exact) mass is 665 g/mol. The van der Waals surface area contributed by atoms with Gasteiger partial charge in [0.25, 0.3) is 0 Å². The second kappa shape index (κ2) is 11.8. The Kier molecular flexibility index (Phi) is 7.97. The average Bonchev–Trinajstić information content (AvgIpc) is 3.34. The van der Waals surface area contributed by atoms with Crippen LogP contribution in [-0.4, -0.2) is 74.3 Å². The number of carbonyl (C=O) groups is 1. The predicted molar refractivity (Wildman–Crippen MR) is 175 cm³/mol. The average molecular weight is 667 g/mol. The van der Waals surface area contributed by atoms with E-state index in [1.165, 1.54) is 6.20 Å². The van der Waals surface area contributed by atoms with Crippen LogP contribution in [0.1, 0.15) is 64.9 Å². The molecule has 1 aromatic carbocycles. The molecule has 3 aliphatic rings. The Hall–Kier alpha value is -3.67. The van der Waals surface area contributed by atoms with Crippen LogP contribution in [0.3, 0.4) is 0 Å². The number of ether oxygens (including phenoxy) is 3. The molecule has 242 valence electrons. The third-order valence-electron chi connectivity index (χ3n) is 8.72. The standard InChI is InChI=1S/C33H37Cl2N7O4/c1-20(28-24(34)15-37-38-30(28)35)45-22-9-10-25-23(13-22)29(39-42(25)27-7-5-6-12-44-27)21-8-11-26(36-14-21)40-16-33(17-40)18-41(19-33)31(43)46-32(2,3)4/h8-11,13-15,20,27H,5-7,12,16-19H2,1-4H3/t20-,27?/m0/s1. The van der Waals surface area contributed by atoms with Gasteiger partial charge in [0.05, 0.1) is 22.3 Å². The molecular weight excluding hydrogens is 629 g/mol. The van der Waals surface area contributed by atoms with E-state index in [0.717, 1.165) is 60.3 Å². The van der Waals surface area contributed by atoms with E-state index in [0.29, 0.717) is 36.0 Å². The smallest absolute Gasteiger partial charge is 0.410 e. The normalized spacial score (nSPS) is 19.9.